The minimum absolute atomic E-state index is 0.648. The quantitative estimate of drug-likeness (QED) is 0.520. The number of nitrogens with zero attached hydrogens (tertiary/aromatic N) is 1. The summed E-state index contributed by atoms with van der Waals surface area (Å²) in [6, 6.07) is 2.09. The lowest BCUT2D eigenvalue weighted by molar-refractivity contribution is 0.632. The summed E-state index contributed by atoms with van der Waals surface area (Å²) in [7, 11) is 0. The topological polar surface area (TPSA) is 61.8 Å². The lowest BCUT2D eigenvalue weighted by Gasteiger charge is -1.99. The second-order valence-electron chi connectivity index (χ2n) is 2.15. The molecule has 0 radical (unpaired) electrons. The van der Waals surface area contributed by atoms with Crippen molar-refractivity contribution in [3.05, 3.63) is 0 Å². The standard InChI is InChI=1S/C7H15N3/c8-4-1-2-6-10-7-3-5-9/h10H,1-3,5-7,9H2. The van der Waals surface area contributed by atoms with Gasteiger partial charge in [0, 0.05) is 6.42 Å². The summed E-state index contributed by atoms with van der Waals surface area (Å²) in [6.45, 7) is 2.65. The molecule has 58 valence electrons. The summed E-state index contributed by atoms with van der Waals surface area (Å²) in [5.41, 5.74) is 5.28. The van der Waals surface area contributed by atoms with Crippen molar-refractivity contribution in [3.63, 3.8) is 0 Å². The molecule has 0 spiro atoms. The van der Waals surface area contributed by atoms with Crippen LogP contribution in [0.25, 0.3) is 0 Å². The summed E-state index contributed by atoms with van der Waals surface area (Å²) in [5.74, 6) is 0. The third kappa shape index (κ3) is 7.41. The van der Waals surface area contributed by atoms with E-state index in [9.17, 15) is 0 Å². The fourth-order valence-electron chi connectivity index (χ4n) is 0.645. The van der Waals surface area contributed by atoms with Crippen LogP contribution < -0.4 is 11.1 Å². The smallest absolute Gasteiger partial charge is 0.0622 e. The molecule has 0 unspecified atom stereocenters. The van der Waals surface area contributed by atoms with E-state index in [4.69, 9.17) is 11.0 Å². The Bertz CT molecular complexity index is 95.5. The van der Waals surface area contributed by atoms with Crippen LogP contribution in [0.2, 0.25) is 0 Å². The van der Waals surface area contributed by atoms with Gasteiger partial charge in [0.25, 0.3) is 0 Å². The first kappa shape index (κ1) is 9.41. The predicted molar refractivity (Wildman–Crippen MR) is 41.4 cm³/mol. The van der Waals surface area contributed by atoms with Crippen LogP contribution in [-0.2, 0) is 0 Å². The van der Waals surface area contributed by atoms with Gasteiger partial charge in [-0.2, -0.15) is 5.26 Å². The number of hydrogen-bond acceptors (Lipinski definition) is 3. The fourth-order valence-corrected chi connectivity index (χ4v) is 0.645. The molecule has 10 heavy (non-hydrogen) atoms. The highest BCUT2D eigenvalue weighted by atomic mass is 14.8. The van der Waals surface area contributed by atoms with E-state index in [2.05, 4.69) is 11.4 Å². The zero-order valence-corrected chi connectivity index (χ0v) is 6.27. The number of hydrogen-bond donors (Lipinski definition) is 2. The molecule has 3 N–H and O–H groups in total. The van der Waals surface area contributed by atoms with Crippen molar-refractivity contribution < 1.29 is 0 Å². The first-order valence-electron chi connectivity index (χ1n) is 3.69. The molecule has 0 saturated heterocycles. The molecule has 0 fully saturated rings. The van der Waals surface area contributed by atoms with E-state index in [-0.39, 0.29) is 0 Å². The second kappa shape index (κ2) is 8.41. The van der Waals surface area contributed by atoms with Gasteiger partial charge >= 0.3 is 0 Å². The van der Waals surface area contributed by atoms with Gasteiger partial charge in [-0.3, -0.25) is 0 Å². The van der Waals surface area contributed by atoms with Crippen LogP contribution >= 0.6 is 0 Å². The highest BCUT2D eigenvalue weighted by Gasteiger charge is 1.85. The molecule has 0 atom stereocenters. The molecular formula is C7H15N3. The first-order valence-corrected chi connectivity index (χ1v) is 3.69. The number of rotatable bonds is 6. The molecule has 0 aliphatic rings. The lowest BCUT2D eigenvalue weighted by atomic mass is 10.3. The van der Waals surface area contributed by atoms with Crippen LogP contribution in [0.1, 0.15) is 19.3 Å². The summed E-state index contributed by atoms with van der Waals surface area (Å²) < 4.78 is 0. The van der Waals surface area contributed by atoms with Crippen LogP contribution in [0.3, 0.4) is 0 Å². The van der Waals surface area contributed by atoms with Crippen molar-refractivity contribution in [2.24, 2.45) is 5.73 Å². The van der Waals surface area contributed by atoms with Crippen LogP contribution in [0.5, 0.6) is 0 Å². The van der Waals surface area contributed by atoms with Gasteiger partial charge in [-0.15, -0.1) is 0 Å². The van der Waals surface area contributed by atoms with Gasteiger partial charge in [0.2, 0.25) is 0 Å². The molecule has 0 aliphatic heterocycles. The van der Waals surface area contributed by atoms with Gasteiger partial charge in [-0.05, 0) is 32.5 Å². The Labute approximate surface area is 62.2 Å². The molecule has 0 heterocycles. The molecule has 0 bridgehead atoms. The van der Waals surface area contributed by atoms with Crippen molar-refractivity contribution in [2.75, 3.05) is 19.6 Å². The van der Waals surface area contributed by atoms with Gasteiger partial charge in [-0.25, -0.2) is 0 Å². The van der Waals surface area contributed by atoms with Gasteiger partial charge in [0.15, 0.2) is 0 Å². The largest absolute Gasteiger partial charge is 0.330 e. The predicted octanol–water partition coefficient (Wildman–Crippen LogP) is 0.229. The van der Waals surface area contributed by atoms with Crippen molar-refractivity contribution in [1.29, 1.82) is 5.26 Å². The normalized spacial score (nSPS) is 9.20. The summed E-state index contributed by atoms with van der Waals surface area (Å²) in [4.78, 5) is 0. The molecule has 0 aromatic carbocycles. The van der Waals surface area contributed by atoms with E-state index in [0.29, 0.717) is 6.42 Å². The van der Waals surface area contributed by atoms with E-state index in [1.807, 2.05) is 0 Å². The van der Waals surface area contributed by atoms with E-state index in [1.54, 1.807) is 0 Å². The molecule has 0 amide bonds. The minimum Gasteiger partial charge on any atom is -0.330 e. The number of unbranched alkanes of at least 4 members (excludes halogenated alkanes) is 1. The second-order valence-corrected chi connectivity index (χ2v) is 2.15. The molecule has 0 aromatic heterocycles. The van der Waals surface area contributed by atoms with Gasteiger partial charge in [-0.1, -0.05) is 0 Å². The number of nitrogens with two attached hydrogens (primary N) is 1. The first-order chi connectivity index (χ1) is 4.91. The Hall–Kier alpha value is -0.590. The maximum absolute atomic E-state index is 8.17. The van der Waals surface area contributed by atoms with E-state index in [1.165, 1.54) is 0 Å². The van der Waals surface area contributed by atoms with Crippen LogP contribution in [0, 0.1) is 11.3 Å². The number of nitriles is 1. The van der Waals surface area contributed by atoms with E-state index >= 15 is 0 Å². The lowest BCUT2D eigenvalue weighted by Crippen LogP contribution is -2.19. The van der Waals surface area contributed by atoms with Crippen molar-refractivity contribution >= 4 is 0 Å². The molecular weight excluding hydrogens is 126 g/mol. The van der Waals surface area contributed by atoms with E-state index < -0.39 is 0 Å². The maximum Gasteiger partial charge on any atom is 0.0622 e. The number of nitrogens with one attached hydrogen (secondary N) is 1. The minimum atomic E-state index is 0.648. The van der Waals surface area contributed by atoms with Crippen LogP contribution in [0.15, 0.2) is 0 Å². The zero-order valence-electron chi connectivity index (χ0n) is 6.27. The van der Waals surface area contributed by atoms with Crippen LogP contribution in [0.4, 0.5) is 0 Å². The van der Waals surface area contributed by atoms with Crippen molar-refractivity contribution in [1.82, 2.24) is 5.32 Å². The van der Waals surface area contributed by atoms with Crippen LogP contribution in [-0.4, -0.2) is 19.6 Å². The molecule has 3 heteroatoms. The Kier molecular flexibility index (Phi) is 7.91. The third-order valence-corrected chi connectivity index (χ3v) is 1.20. The van der Waals surface area contributed by atoms with Gasteiger partial charge in [0.1, 0.15) is 0 Å². The molecule has 0 rings (SSSR count). The Morgan fingerprint density at radius 3 is 2.60 bits per heavy atom. The Balaban J connectivity index is 2.72. The average molecular weight is 141 g/mol. The van der Waals surface area contributed by atoms with Gasteiger partial charge in [0.05, 0.1) is 6.07 Å². The zero-order chi connectivity index (χ0) is 7.66. The van der Waals surface area contributed by atoms with E-state index in [0.717, 1.165) is 32.5 Å². The average Bonchev–Trinajstić information content (AvgIpc) is 1.97. The highest BCUT2D eigenvalue weighted by molar-refractivity contribution is 4.68. The summed E-state index contributed by atoms with van der Waals surface area (Å²) in [6.07, 6.45) is 2.61. The SMILES string of the molecule is N#CCCCNCCCN. The van der Waals surface area contributed by atoms with Gasteiger partial charge < -0.3 is 11.1 Å². The molecule has 0 saturated carbocycles. The highest BCUT2D eigenvalue weighted by Crippen LogP contribution is 1.82. The Morgan fingerprint density at radius 1 is 1.30 bits per heavy atom. The molecule has 3 nitrogen and oxygen atoms in total. The monoisotopic (exact) mass is 141 g/mol. The summed E-state index contributed by atoms with van der Waals surface area (Å²) in [5, 5.41) is 11.4. The molecule has 0 aromatic rings. The maximum atomic E-state index is 8.17. The van der Waals surface area contributed by atoms with Crippen molar-refractivity contribution in [2.45, 2.75) is 19.3 Å². The molecule has 0 aliphatic carbocycles. The van der Waals surface area contributed by atoms with Crippen molar-refractivity contribution in [3.8, 4) is 6.07 Å². The Morgan fingerprint density at radius 2 is 2.00 bits per heavy atom. The summed E-state index contributed by atoms with van der Waals surface area (Å²) >= 11 is 0. The third-order valence-electron chi connectivity index (χ3n) is 1.20. The fraction of sp³-hybridized carbons (Fsp3) is 0.857.